The molecule has 0 saturated carbocycles. The SMILES string of the molecule is COc1cc(C)c(-c2nc3ccccc3c(=O)n2N=Cc2ccc(Cl)cc2)cc1C(C)C. The van der Waals surface area contributed by atoms with Crippen molar-refractivity contribution < 1.29 is 4.74 Å². The van der Waals surface area contributed by atoms with Gasteiger partial charge < -0.3 is 4.74 Å². The standard InChI is InChI=1S/C26H24ClN3O2/c1-16(2)21-14-22(17(3)13-24(21)32-4)25-29-23-8-6-5-7-20(23)26(31)30(25)28-15-18-9-11-19(27)12-10-18/h5-16H,1-4H3. The van der Waals surface area contributed by atoms with Crippen LogP contribution >= 0.6 is 11.6 Å². The topological polar surface area (TPSA) is 56.5 Å². The number of nitrogens with zero attached hydrogens (tertiary/aromatic N) is 3. The van der Waals surface area contributed by atoms with Gasteiger partial charge in [0, 0.05) is 10.6 Å². The highest BCUT2D eigenvalue weighted by molar-refractivity contribution is 6.30. The van der Waals surface area contributed by atoms with Crippen molar-refractivity contribution in [3.63, 3.8) is 0 Å². The van der Waals surface area contributed by atoms with Crippen LogP contribution in [0.15, 0.2) is 70.6 Å². The van der Waals surface area contributed by atoms with Crippen LogP contribution in [0, 0.1) is 6.92 Å². The molecule has 0 radical (unpaired) electrons. The highest BCUT2D eigenvalue weighted by atomic mass is 35.5. The lowest BCUT2D eigenvalue weighted by molar-refractivity contribution is 0.407. The summed E-state index contributed by atoms with van der Waals surface area (Å²) in [6.45, 7) is 6.20. The minimum Gasteiger partial charge on any atom is -0.496 e. The molecule has 0 saturated heterocycles. The van der Waals surface area contributed by atoms with Gasteiger partial charge in [-0.05, 0) is 65.9 Å². The summed E-state index contributed by atoms with van der Waals surface area (Å²) in [7, 11) is 1.67. The van der Waals surface area contributed by atoms with E-state index in [-0.39, 0.29) is 11.5 Å². The fraction of sp³-hybridized carbons (Fsp3) is 0.192. The molecule has 0 aliphatic heterocycles. The fourth-order valence-electron chi connectivity index (χ4n) is 3.65. The third-order valence-electron chi connectivity index (χ3n) is 5.39. The van der Waals surface area contributed by atoms with E-state index in [1.807, 2.05) is 49.4 Å². The molecule has 5 nitrogen and oxygen atoms in total. The molecule has 0 amide bonds. The lowest BCUT2D eigenvalue weighted by atomic mass is 9.96. The molecule has 0 spiro atoms. The van der Waals surface area contributed by atoms with Crippen LogP contribution in [0.25, 0.3) is 22.3 Å². The third-order valence-corrected chi connectivity index (χ3v) is 5.64. The molecule has 0 N–H and O–H groups in total. The monoisotopic (exact) mass is 445 g/mol. The second kappa shape index (κ2) is 8.97. The van der Waals surface area contributed by atoms with Crippen molar-refractivity contribution in [1.29, 1.82) is 0 Å². The van der Waals surface area contributed by atoms with Crippen molar-refractivity contribution >= 4 is 28.7 Å². The zero-order valence-corrected chi connectivity index (χ0v) is 19.2. The number of fused-ring (bicyclic) bond motifs is 1. The average Bonchev–Trinajstić information content (AvgIpc) is 2.79. The molecule has 0 unspecified atom stereocenters. The Kier molecular flexibility index (Phi) is 6.10. The first kappa shape index (κ1) is 21.8. The minimum atomic E-state index is -0.225. The van der Waals surface area contributed by atoms with Crippen molar-refractivity contribution in [3.8, 4) is 17.1 Å². The van der Waals surface area contributed by atoms with Gasteiger partial charge in [0.05, 0.1) is 24.2 Å². The molecule has 1 aromatic heterocycles. The average molecular weight is 446 g/mol. The van der Waals surface area contributed by atoms with Crippen LogP contribution in [0.2, 0.25) is 5.02 Å². The lowest BCUT2D eigenvalue weighted by Gasteiger charge is -2.17. The number of hydrogen-bond donors (Lipinski definition) is 0. The summed E-state index contributed by atoms with van der Waals surface area (Å²) in [5, 5.41) is 5.69. The first-order chi connectivity index (χ1) is 15.4. The first-order valence-corrected chi connectivity index (χ1v) is 10.8. The number of rotatable bonds is 5. The van der Waals surface area contributed by atoms with Gasteiger partial charge in [0.15, 0.2) is 5.82 Å². The quantitative estimate of drug-likeness (QED) is 0.352. The van der Waals surface area contributed by atoms with Crippen LogP contribution < -0.4 is 10.3 Å². The van der Waals surface area contributed by atoms with Crippen LogP contribution in [0.1, 0.15) is 36.5 Å². The van der Waals surface area contributed by atoms with Crippen molar-refractivity contribution in [2.45, 2.75) is 26.7 Å². The number of para-hydroxylation sites is 1. The molecule has 0 aliphatic carbocycles. The Morgan fingerprint density at radius 3 is 2.50 bits per heavy atom. The molecule has 1 heterocycles. The van der Waals surface area contributed by atoms with E-state index in [1.54, 1.807) is 31.5 Å². The highest BCUT2D eigenvalue weighted by Gasteiger charge is 2.18. The van der Waals surface area contributed by atoms with Gasteiger partial charge in [-0.2, -0.15) is 9.78 Å². The van der Waals surface area contributed by atoms with E-state index in [4.69, 9.17) is 21.3 Å². The summed E-state index contributed by atoms with van der Waals surface area (Å²) in [6, 6.07) is 18.6. The minimum absolute atomic E-state index is 0.225. The maximum absolute atomic E-state index is 13.4. The Balaban J connectivity index is 1.98. The second-order valence-electron chi connectivity index (χ2n) is 7.93. The van der Waals surface area contributed by atoms with E-state index < -0.39 is 0 Å². The van der Waals surface area contributed by atoms with Crippen molar-refractivity contribution in [2.75, 3.05) is 7.11 Å². The number of ether oxygens (including phenoxy) is 1. The maximum atomic E-state index is 13.4. The molecule has 162 valence electrons. The predicted octanol–water partition coefficient (Wildman–Crippen LogP) is 6.04. The Hall–Kier alpha value is -3.44. The molecule has 0 bridgehead atoms. The second-order valence-corrected chi connectivity index (χ2v) is 8.37. The molecule has 4 aromatic rings. The predicted molar refractivity (Wildman–Crippen MR) is 131 cm³/mol. The number of benzene rings is 3. The van der Waals surface area contributed by atoms with Gasteiger partial charge >= 0.3 is 0 Å². The third kappa shape index (κ3) is 4.16. The van der Waals surface area contributed by atoms with E-state index >= 15 is 0 Å². The Morgan fingerprint density at radius 1 is 1.09 bits per heavy atom. The molecule has 0 aliphatic rings. The number of halogens is 1. The van der Waals surface area contributed by atoms with Crippen LogP contribution in [0.4, 0.5) is 0 Å². The normalized spacial score (nSPS) is 11.6. The van der Waals surface area contributed by atoms with Gasteiger partial charge in [-0.3, -0.25) is 4.79 Å². The summed E-state index contributed by atoms with van der Waals surface area (Å²) in [5.41, 5.74) is 4.07. The summed E-state index contributed by atoms with van der Waals surface area (Å²) < 4.78 is 6.96. The number of aryl methyl sites for hydroxylation is 1. The van der Waals surface area contributed by atoms with Crippen molar-refractivity contribution in [2.24, 2.45) is 5.10 Å². The zero-order chi connectivity index (χ0) is 22.8. The summed E-state index contributed by atoms with van der Waals surface area (Å²) in [4.78, 5) is 18.3. The number of aromatic nitrogens is 2. The summed E-state index contributed by atoms with van der Waals surface area (Å²) in [6.07, 6.45) is 1.64. The molecule has 3 aromatic carbocycles. The van der Waals surface area contributed by atoms with Crippen LogP contribution in [-0.2, 0) is 0 Å². The van der Waals surface area contributed by atoms with E-state index in [2.05, 4.69) is 18.9 Å². The summed E-state index contributed by atoms with van der Waals surface area (Å²) >= 11 is 5.99. The van der Waals surface area contributed by atoms with Gasteiger partial charge in [-0.1, -0.05) is 49.7 Å². The molecule has 6 heteroatoms. The molecule has 0 fully saturated rings. The van der Waals surface area contributed by atoms with Crippen LogP contribution in [0.5, 0.6) is 5.75 Å². The lowest BCUT2D eigenvalue weighted by Crippen LogP contribution is -2.20. The zero-order valence-electron chi connectivity index (χ0n) is 18.5. The molecule has 4 rings (SSSR count). The van der Waals surface area contributed by atoms with Crippen molar-refractivity contribution in [1.82, 2.24) is 9.66 Å². The van der Waals surface area contributed by atoms with Crippen molar-refractivity contribution in [3.05, 3.63) is 92.7 Å². The van der Waals surface area contributed by atoms with Gasteiger partial charge in [-0.15, -0.1) is 0 Å². The Morgan fingerprint density at radius 2 is 1.81 bits per heavy atom. The van der Waals surface area contributed by atoms with Gasteiger partial charge in [0.25, 0.3) is 5.56 Å². The highest BCUT2D eigenvalue weighted by Crippen LogP contribution is 2.34. The van der Waals surface area contributed by atoms with E-state index in [0.717, 1.165) is 28.0 Å². The van der Waals surface area contributed by atoms with E-state index in [1.165, 1.54) is 4.68 Å². The van der Waals surface area contributed by atoms with E-state index in [9.17, 15) is 4.79 Å². The Bertz CT molecular complexity index is 1370. The summed E-state index contributed by atoms with van der Waals surface area (Å²) in [5.74, 6) is 1.55. The number of hydrogen-bond acceptors (Lipinski definition) is 4. The van der Waals surface area contributed by atoms with E-state index in [0.29, 0.717) is 21.7 Å². The first-order valence-electron chi connectivity index (χ1n) is 10.4. The van der Waals surface area contributed by atoms with Crippen LogP contribution in [-0.4, -0.2) is 23.0 Å². The van der Waals surface area contributed by atoms with Gasteiger partial charge in [0.2, 0.25) is 0 Å². The Labute approximate surface area is 192 Å². The maximum Gasteiger partial charge on any atom is 0.282 e. The van der Waals surface area contributed by atoms with Crippen LogP contribution in [0.3, 0.4) is 0 Å². The van der Waals surface area contributed by atoms with Gasteiger partial charge in [0.1, 0.15) is 5.75 Å². The largest absolute Gasteiger partial charge is 0.496 e. The molecule has 32 heavy (non-hydrogen) atoms. The smallest absolute Gasteiger partial charge is 0.282 e. The molecule has 0 atom stereocenters. The molecular weight excluding hydrogens is 422 g/mol. The fourth-order valence-corrected chi connectivity index (χ4v) is 3.77. The number of methoxy groups -OCH3 is 1. The molecular formula is C26H24ClN3O2. The van der Waals surface area contributed by atoms with Gasteiger partial charge in [-0.25, -0.2) is 4.98 Å².